The Morgan fingerprint density at radius 2 is 2.04 bits per heavy atom. The summed E-state index contributed by atoms with van der Waals surface area (Å²) in [7, 11) is 0. The number of carbonyl (C=O) groups is 1. The molecule has 2 rings (SSSR count). The van der Waals surface area contributed by atoms with E-state index in [2.05, 4.69) is 21.2 Å². The molecule has 1 N–H and O–H groups in total. The fourth-order valence-electron chi connectivity index (χ4n) is 1.87. The number of nitrogens with one attached hydrogen (secondary N) is 1. The van der Waals surface area contributed by atoms with Crippen molar-refractivity contribution in [1.82, 2.24) is 0 Å². The number of hydrogen-bond acceptors (Lipinski definition) is 4. The first-order valence-electron chi connectivity index (χ1n) is 6.97. The molecule has 2 aromatic carbocycles. The van der Waals surface area contributed by atoms with Crippen molar-refractivity contribution in [2.45, 2.75) is 6.92 Å². The van der Waals surface area contributed by atoms with Gasteiger partial charge < -0.3 is 14.8 Å². The largest absolute Gasteiger partial charge is 0.490 e. The van der Waals surface area contributed by atoms with Gasteiger partial charge in [-0.2, -0.15) is 5.26 Å². The van der Waals surface area contributed by atoms with Crippen molar-refractivity contribution < 1.29 is 14.3 Å². The van der Waals surface area contributed by atoms with Crippen molar-refractivity contribution in [2.75, 3.05) is 18.5 Å². The summed E-state index contributed by atoms with van der Waals surface area (Å²) in [5.74, 6) is 0.590. The SMILES string of the molecule is CCOc1cc(C#N)ccc1OCC(=O)Nc1cccc(Br)c1. The minimum atomic E-state index is -0.282. The Kier molecular flexibility index (Phi) is 6.01. The lowest BCUT2D eigenvalue weighted by molar-refractivity contribution is -0.118. The first-order valence-corrected chi connectivity index (χ1v) is 7.77. The van der Waals surface area contributed by atoms with Crippen molar-refractivity contribution in [1.29, 1.82) is 5.26 Å². The van der Waals surface area contributed by atoms with E-state index in [-0.39, 0.29) is 12.5 Å². The van der Waals surface area contributed by atoms with Gasteiger partial charge in [0.1, 0.15) is 0 Å². The Morgan fingerprint density at radius 1 is 1.22 bits per heavy atom. The molecule has 1 amide bonds. The van der Waals surface area contributed by atoms with Gasteiger partial charge in [-0.25, -0.2) is 0 Å². The van der Waals surface area contributed by atoms with Crippen LogP contribution < -0.4 is 14.8 Å². The van der Waals surface area contributed by atoms with Crippen molar-refractivity contribution in [3.05, 3.63) is 52.5 Å². The molecule has 6 heteroatoms. The van der Waals surface area contributed by atoms with Crippen molar-refractivity contribution >= 4 is 27.5 Å². The van der Waals surface area contributed by atoms with Gasteiger partial charge in [-0.3, -0.25) is 4.79 Å². The Bertz CT molecular complexity index is 741. The summed E-state index contributed by atoms with van der Waals surface area (Å²) in [6.45, 7) is 2.12. The summed E-state index contributed by atoms with van der Waals surface area (Å²) in [5.41, 5.74) is 1.15. The molecule has 0 aliphatic heterocycles. The third kappa shape index (κ3) is 5.01. The number of nitriles is 1. The zero-order chi connectivity index (χ0) is 16.7. The first-order chi connectivity index (χ1) is 11.1. The maximum absolute atomic E-state index is 11.9. The number of halogens is 1. The van der Waals surface area contributed by atoms with Gasteiger partial charge in [-0.15, -0.1) is 0 Å². The van der Waals surface area contributed by atoms with E-state index in [0.717, 1.165) is 4.47 Å². The lowest BCUT2D eigenvalue weighted by Crippen LogP contribution is -2.20. The number of rotatable bonds is 6. The molecule has 0 atom stereocenters. The van der Waals surface area contributed by atoms with Gasteiger partial charge in [-0.05, 0) is 37.3 Å². The molecule has 0 spiro atoms. The maximum atomic E-state index is 11.9. The van der Waals surface area contributed by atoms with Gasteiger partial charge >= 0.3 is 0 Å². The lowest BCUT2D eigenvalue weighted by atomic mass is 10.2. The number of ether oxygens (including phenoxy) is 2. The van der Waals surface area contributed by atoms with Crippen LogP contribution in [0.2, 0.25) is 0 Å². The molecule has 0 aromatic heterocycles. The molecule has 0 radical (unpaired) electrons. The fourth-order valence-corrected chi connectivity index (χ4v) is 2.27. The van der Waals surface area contributed by atoms with Gasteiger partial charge in [0.05, 0.1) is 18.2 Å². The molecular formula is C17H15BrN2O3. The average molecular weight is 375 g/mol. The predicted octanol–water partition coefficient (Wildman–Crippen LogP) is 3.74. The second kappa shape index (κ2) is 8.20. The van der Waals surface area contributed by atoms with Crippen LogP contribution in [0.15, 0.2) is 46.9 Å². The number of hydrogen-bond donors (Lipinski definition) is 1. The van der Waals surface area contributed by atoms with Gasteiger partial charge in [-0.1, -0.05) is 22.0 Å². The molecule has 0 fully saturated rings. The van der Waals surface area contributed by atoms with Crippen LogP contribution in [0.1, 0.15) is 12.5 Å². The molecule has 0 bridgehead atoms. The Labute approximate surface area is 143 Å². The van der Waals surface area contributed by atoms with E-state index in [1.807, 2.05) is 25.1 Å². The van der Waals surface area contributed by atoms with Crippen LogP contribution in [-0.4, -0.2) is 19.1 Å². The second-order valence-corrected chi connectivity index (χ2v) is 5.47. The van der Waals surface area contributed by atoms with E-state index >= 15 is 0 Å². The fraction of sp³-hybridized carbons (Fsp3) is 0.176. The quantitative estimate of drug-likeness (QED) is 0.835. The molecule has 23 heavy (non-hydrogen) atoms. The molecule has 0 unspecified atom stereocenters. The highest BCUT2D eigenvalue weighted by Crippen LogP contribution is 2.28. The van der Waals surface area contributed by atoms with Crippen LogP contribution in [0.25, 0.3) is 0 Å². The predicted molar refractivity (Wildman–Crippen MR) is 90.6 cm³/mol. The molecular weight excluding hydrogens is 360 g/mol. The summed E-state index contributed by atoms with van der Waals surface area (Å²) in [6.07, 6.45) is 0. The molecule has 0 aliphatic rings. The van der Waals surface area contributed by atoms with E-state index in [4.69, 9.17) is 14.7 Å². The molecule has 0 heterocycles. The van der Waals surface area contributed by atoms with Crippen LogP contribution in [0.3, 0.4) is 0 Å². The highest BCUT2D eigenvalue weighted by atomic mass is 79.9. The Morgan fingerprint density at radius 3 is 2.74 bits per heavy atom. The van der Waals surface area contributed by atoms with Gasteiger partial charge in [0.25, 0.3) is 5.91 Å². The van der Waals surface area contributed by atoms with E-state index in [0.29, 0.717) is 29.4 Å². The topological polar surface area (TPSA) is 71.3 Å². The average Bonchev–Trinajstić information content (AvgIpc) is 2.54. The number of nitrogens with zero attached hydrogens (tertiary/aromatic N) is 1. The normalized spacial score (nSPS) is 9.78. The van der Waals surface area contributed by atoms with Gasteiger partial charge in [0, 0.05) is 16.2 Å². The summed E-state index contributed by atoms with van der Waals surface area (Å²) >= 11 is 3.34. The highest BCUT2D eigenvalue weighted by Gasteiger charge is 2.09. The van der Waals surface area contributed by atoms with Crippen LogP contribution in [0.5, 0.6) is 11.5 Å². The van der Waals surface area contributed by atoms with E-state index in [9.17, 15) is 4.79 Å². The van der Waals surface area contributed by atoms with Crippen molar-refractivity contribution in [2.24, 2.45) is 0 Å². The molecule has 118 valence electrons. The standard InChI is InChI=1S/C17H15BrN2O3/c1-2-22-16-8-12(10-19)6-7-15(16)23-11-17(21)20-14-5-3-4-13(18)9-14/h3-9H,2,11H2,1H3,(H,20,21). The first kappa shape index (κ1) is 16.8. The summed E-state index contributed by atoms with van der Waals surface area (Å²) in [4.78, 5) is 11.9. The van der Waals surface area contributed by atoms with E-state index in [1.54, 1.807) is 30.3 Å². The Balaban J connectivity index is 2.00. The molecule has 0 saturated carbocycles. The van der Waals surface area contributed by atoms with Gasteiger partial charge in [0.2, 0.25) is 0 Å². The van der Waals surface area contributed by atoms with E-state index < -0.39 is 0 Å². The number of amides is 1. The second-order valence-electron chi connectivity index (χ2n) is 4.55. The van der Waals surface area contributed by atoms with Crippen molar-refractivity contribution in [3.63, 3.8) is 0 Å². The molecule has 0 saturated heterocycles. The Hall–Kier alpha value is -2.52. The van der Waals surface area contributed by atoms with Crippen LogP contribution in [0.4, 0.5) is 5.69 Å². The maximum Gasteiger partial charge on any atom is 0.262 e. The monoisotopic (exact) mass is 374 g/mol. The highest BCUT2D eigenvalue weighted by molar-refractivity contribution is 9.10. The molecule has 2 aromatic rings. The smallest absolute Gasteiger partial charge is 0.262 e. The van der Waals surface area contributed by atoms with E-state index in [1.165, 1.54) is 0 Å². The molecule has 5 nitrogen and oxygen atoms in total. The minimum absolute atomic E-state index is 0.154. The van der Waals surface area contributed by atoms with Gasteiger partial charge in [0.15, 0.2) is 18.1 Å². The summed E-state index contributed by atoms with van der Waals surface area (Å²) in [5, 5.41) is 11.7. The lowest BCUT2D eigenvalue weighted by Gasteiger charge is -2.12. The number of benzene rings is 2. The third-order valence-electron chi connectivity index (χ3n) is 2.84. The van der Waals surface area contributed by atoms with Crippen molar-refractivity contribution in [3.8, 4) is 17.6 Å². The summed E-state index contributed by atoms with van der Waals surface area (Å²) < 4.78 is 11.8. The molecule has 0 aliphatic carbocycles. The number of anilines is 1. The zero-order valence-corrected chi connectivity index (χ0v) is 14.1. The number of carbonyl (C=O) groups excluding carboxylic acids is 1. The third-order valence-corrected chi connectivity index (χ3v) is 3.33. The summed E-state index contributed by atoms with van der Waals surface area (Å²) in [6, 6.07) is 14.1. The minimum Gasteiger partial charge on any atom is -0.490 e. The van der Waals surface area contributed by atoms with Crippen LogP contribution in [-0.2, 0) is 4.79 Å². The van der Waals surface area contributed by atoms with Crippen LogP contribution in [0, 0.1) is 11.3 Å². The van der Waals surface area contributed by atoms with Crippen LogP contribution >= 0.6 is 15.9 Å². The zero-order valence-electron chi connectivity index (χ0n) is 12.5.